The Hall–Kier alpha value is -8.82. The van der Waals surface area contributed by atoms with Gasteiger partial charge in [0.15, 0.2) is 12.3 Å². The lowest BCUT2D eigenvalue weighted by molar-refractivity contribution is -0.154. The van der Waals surface area contributed by atoms with Crippen LogP contribution in [-0.2, 0) is 54.9 Å². The van der Waals surface area contributed by atoms with Crippen molar-refractivity contribution in [1.29, 1.82) is 0 Å². The molecule has 3 saturated heterocycles. The van der Waals surface area contributed by atoms with Crippen molar-refractivity contribution in [2.75, 3.05) is 64.0 Å². The van der Waals surface area contributed by atoms with Crippen LogP contribution in [0.5, 0.6) is 17.5 Å². The van der Waals surface area contributed by atoms with Crippen LogP contribution in [0.15, 0.2) is 71.1 Å². The number of esters is 2. The lowest BCUT2D eigenvalue weighted by atomic mass is 10.0. The van der Waals surface area contributed by atoms with Gasteiger partial charge in [-0.3, -0.25) is 48.4 Å². The summed E-state index contributed by atoms with van der Waals surface area (Å²) in [6.07, 6.45) is -1.67. The maximum absolute atomic E-state index is 14.6. The number of phenolic OH excluding ortho intramolecular Hbond substituents is 1. The molecule has 0 bridgehead atoms. The number of ether oxygens (including phenoxy) is 3. The number of rotatable bonds is 17. The first kappa shape index (κ1) is 56.9. The van der Waals surface area contributed by atoms with Gasteiger partial charge in [-0.05, 0) is 59.3 Å². The number of aliphatic hydroxyl groups excluding tert-OH is 1. The molecule has 0 aliphatic carbocycles. The normalized spacial score (nSPS) is 22.1. The van der Waals surface area contributed by atoms with Gasteiger partial charge in [0.2, 0.25) is 11.8 Å². The minimum Gasteiger partial charge on any atom is -0.508 e. The molecule has 33 heteroatoms. The number of carboxylic acids is 1. The van der Waals surface area contributed by atoms with Crippen molar-refractivity contribution in [2.24, 2.45) is 7.05 Å². The summed E-state index contributed by atoms with van der Waals surface area (Å²) in [7, 11) is 1.49. The molecule has 9 rings (SSSR count). The number of piperazine rings is 2. The van der Waals surface area contributed by atoms with Gasteiger partial charge in [0, 0.05) is 62.4 Å². The third-order valence-corrected chi connectivity index (χ3v) is 16.4. The number of aromatic nitrogens is 4. The van der Waals surface area contributed by atoms with Crippen molar-refractivity contribution in [3.8, 4) is 17.5 Å². The van der Waals surface area contributed by atoms with Crippen molar-refractivity contribution < 1.29 is 82.3 Å². The van der Waals surface area contributed by atoms with Crippen molar-refractivity contribution in [2.45, 2.75) is 55.0 Å². The number of imide groups is 2. The molecule has 7 atom stereocenters. The van der Waals surface area contributed by atoms with Crippen molar-refractivity contribution in [3.63, 3.8) is 0 Å². The fourth-order valence-corrected chi connectivity index (χ4v) is 11.8. The summed E-state index contributed by atoms with van der Waals surface area (Å²) in [6.45, 7) is 3.23. The number of carbonyl (C=O) groups is 11. The Morgan fingerprint density at radius 2 is 1.48 bits per heavy atom. The highest BCUT2D eigenvalue weighted by atomic mass is 32.2. The summed E-state index contributed by atoms with van der Waals surface area (Å²) in [4.78, 5) is 154. The molecule has 81 heavy (non-hydrogen) atoms. The second-order valence-electron chi connectivity index (χ2n) is 18.6. The maximum atomic E-state index is 14.6. The molecule has 6 aliphatic rings. The number of nitrogens with zero attached hydrogens (tertiary/aromatic N) is 9. The van der Waals surface area contributed by atoms with Gasteiger partial charge < -0.3 is 61.0 Å². The van der Waals surface area contributed by atoms with Crippen LogP contribution in [0.25, 0.3) is 0 Å². The van der Waals surface area contributed by atoms with E-state index < -0.39 is 112 Å². The molecule has 3 aromatic rings. The Kier molecular flexibility index (Phi) is 16.8. The van der Waals surface area contributed by atoms with E-state index in [4.69, 9.17) is 14.2 Å². The molecule has 3 fully saturated rings. The number of fused-ring (bicyclic) bond motifs is 2. The number of amides is 10. The average molecular weight is 1160 g/mol. The van der Waals surface area contributed by atoms with E-state index in [1.54, 1.807) is 13.8 Å². The maximum Gasteiger partial charge on any atom is 0.355 e. The third kappa shape index (κ3) is 11.6. The smallest absolute Gasteiger partial charge is 0.355 e. The van der Waals surface area contributed by atoms with E-state index in [-0.39, 0.29) is 98.1 Å². The van der Waals surface area contributed by atoms with Gasteiger partial charge in [-0.25, -0.2) is 24.0 Å². The average Bonchev–Trinajstić information content (AvgIpc) is 4.31. The molecule has 0 spiro atoms. The number of hydrogen-bond acceptors (Lipinski definition) is 23. The van der Waals surface area contributed by atoms with Gasteiger partial charge in [-0.15, -0.1) is 23.5 Å². The summed E-state index contributed by atoms with van der Waals surface area (Å²) in [5.74, 6) is -9.40. The Balaban J connectivity index is 0.986. The molecule has 0 saturated carbocycles. The van der Waals surface area contributed by atoms with Crippen molar-refractivity contribution in [3.05, 3.63) is 82.2 Å². The Labute approximate surface area is 466 Å². The van der Waals surface area contributed by atoms with Gasteiger partial charge in [-0.1, -0.05) is 36.3 Å². The fraction of sp³-hybridized carbons (Fsp3) is 0.417. The monoisotopic (exact) mass is 1160 g/mol. The number of nitrogens with one attached hydrogen (secondary N) is 5. The molecule has 0 radical (unpaired) electrons. The molecule has 10 amide bonds. The molecule has 6 aliphatic heterocycles. The van der Waals surface area contributed by atoms with E-state index in [1.807, 2.05) is 0 Å². The summed E-state index contributed by atoms with van der Waals surface area (Å²) in [5, 5.41) is 52.8. The number of aliphatic carboxylic acids is 1. The third-order valence-electron chi connectivity index (χ3n) is 13.8. The molecule has 1 aromatic heterocycles. The van der Waals surface area contributed by atoms with Gasteiger partial charge in [0.1, 0.15) is 65.0 Å². The number of β-lactam (4-membered cyclic amide) rings is 1. The van der Waals surface area contributed by atoms with E-state index in [2.05, 4.69) is 42.1 Å². The minimum absolute atomic E-state index is 0.00273. The summed E-state index contributed by atoms with van der Waals surface area (Å²) in [5.41, 5.74) is 0.511. The van der Waals surface area contributed by atoms with E-state index in [0.29, 0.717) is 21.1 Å². The predicted molar refractivity (Wildman–Crippen MR) is 275 cm³/mol. The Morgan fingerprint density at radius 1 is 0.815 bits per heavy atom. The number of hydrogen-bond donors (Lipinski definition) is 8. The number of benzene rings is 2. The van der Waals surface area contributed by atoms with Crippen LogP contribution < -0.4 is 36.1 Å². The van der Waals surface area contributed by atoms with Crippen LogP contribution in [0.3, 0.4) is 0 Å². The Bertz CT molecular complexity index is 3160. The minimum atomic E-state index is -1.84. The summed E-state index contributed by atoms with van der Waals surface area (Å²) < 4.78 is 17.8. The second-order valence-corrected chi connectivity index (χ2v) is 20.9. The van der Waals surface area contributed by atoms with Crippen LogP contribution in [0.1, 0.15) is 37.1 Å². The van der Waals surface area contributed by atoms with Crippen molar-refractivity contribution in [1.82, 2.24) is 71.3 Å². The highest BCUT2D eigenvalue weighted by Gasteiger charge is 2.56. The first-order chi connectivity index (χ1) is 38.8. The quantitative estimate of drug-likeness (QED) is 0.0288. The molecule has 428 valence electrons. The standard InChI is InChI=1S/C48H52N14O17S2/c1-4-58-14-16-60(40(69)38(58)67)46(75)52-28(22-6-10-26(63)11-7-22)34(64)49-31(36-51-30(43(71)72)24(20-80-36)18-78-48-54-55-56-57(48)3)44(73)79-27-12-8-23(9-13-27)29(53-47(76)61-17-15-59(5-2)39(68)41(61)70)35(65)50-32-37(66)62-33-25(19-77-45(33)74)21-81-42(32)62/h6-13,28-29,31-32,36,38,42,51,63,67H,4-5,14-21H2,1-3H3,(H,49,64)(H,50,65)(H,52,75)(H,53,76)(H,71,72)/t28-,29-,31+,32-,36-,38?,42-/m1/s1. The van der Waals surface area contributed by atoms with Crippen LogP contribution in [0.2, 0.25) is 0 Å². The highest BCUT2D eigenvalue weighted by molar-refractivity contribution is 8.00. The fourth-order valence-electron chi connectivity index (χ4n) is 9.32. The molecule has 8 N–H and O–H groups in total. The SMILES string of the molecule is CCN1CCN(C(=O)N[C@@H](C(=O)N[C@@H]2C(=O)N3C4=C(COC4=O)CS[C@H]23)c2ccc(OC(=O)[C@@H](NC(=O)[C@H](NC(=O)N3CCN(CC)C(O)C3=O)c3ccc(O)cc3)[C@@H]3NC(C(=O)O)=C(COc4nnnn4C)CS3)cc2)C(=O)C1=O. The number of cyclic esters (lactones) is 1. The number of aliphatic hydroxyl groups is 1. The van der Waals surface area contributed by atoms with Gasteiger partial charge in [0.25, 0.3) is 11.8 Å². The number of carbonyl (C=O) groups excluding carboxylic acids is 10. The molecule has 1 unspecified atom stereocenters. The van der Waals surface area contributed by atoms with Crippen LogP contribution in [0.4, 0.5) is 9.59 Å². The number of phenols is 1. The zero-order valence-electron chi connectivity index (χ0n) is 43.1. The topological polar surface area (TPSA) is 396 Å². The molecular formula is C48H52N14O17S2. The number of likely N-dealkylation sites (N-methyl/N-ethyl adjacent to an activating group) is 2. The predicted octanol–water partition coefficient (Wildman–Crippen LogP) is -3.03. The van der Waals surface area contributed by atoms with Gasteiger partial charge in [-0.2, -0.15) is 4.68 Å². The lowest BCUT2D eigenvalue weighted by Gasteiger charge is -2.48. The van der Waals surface area contributed by atoms with Gasteiger partial charge in [0.05, 0.1) is 0 Å². The summed E-state index contributed by atoms with van der Waals surface area (Å²) >= 11 is 2.21. The van der Waals surface area contributed by atoms with E-state index >= 15 is 0 Å². The molecular weight excluding hydrogens is 1110 g/mol. The first-order valence-electron chi connectivity index (χ1n) is 25.0. The zero-order chi connectivity index (χ0) is 58.0. The number of aromatic hydroxyl groups is 1. The largest absolute Gasteiger partial charge is 0.508 e. The molecule has 7 heterocycles. The number of tetrazole rings is 1. The van der Waals surface area contributed by atoms with Crippen LogP contribution in [-0.4, -0.2) is 218 Å². The first-order valence-corrected chi connectivity index (χ1v) is 27.1. The van der Waals surface area contributed by atoms with E-state index in [0.717, 1.165) is 11.8 Å². The van der Waals surface area contributed by atoms with E-state index in [1.165, 1.54) is 86.7 Å². The molecule has 2 aromatic carbocycles. The van der Waals surface area contributed by atoms with Crippen LogP contribution in [0, 0.1) is 0 Å². The van der Waals surface area contributed by atoms with Crippen LogP contribution >= 0.6 is 23.5 Å². The number of carboxylic acid groups (broad SMARTS) is 1. The Morgan fingerprint density at radius 3 is 2.14 bits per heavy atom. The second kappa shape index (κ2) is 23.9. The highest BCUT2D eigenvalue weighted by Crippen LogP contribution is 2.43. The zero-order valence-corrected chi connectivity index (χ0v) is 44.8. The van der Waals surface area contributed by atoms with E-state index in [9.17, 15) is 68.1 Å². The summed E-state index contributed by atoms with van der Waals surface area (Å²) in [6, 6.07) is 1.19. The molecule has 31 nitrogen and oxygen atoms in total. The lowest BCUT2D eigenvalue weighted by Crippen LogP contribution is -2.71. The number of aryl methyl sites for hydroxylation is 1. The van der Waals surface area contributed by atoms with Gasteiger partial charge >= 0.3 is 47.8 Å². The number of thioether (sulfide) groups is 2. The number of urea groups is 2. The van der Waals surface area contributed by atoms with Crippen molar-refractivity contribution >= 4 is 88.9 Å².